The molecule has 134 valence electrons. The standard InChI is InChI=1S/C19H26N4OS/c1-4-16(14-8-6-13(3)7-9-14)20-17(24)12-25-19-22-21-18(15-10-11-15)23(19)5-2/h6-9,15-16H,4-5,10-12H2,1-3H3,(H,20,24)/t16-/m1/s1. The molecule has 1 N–H and O–H groups in total. The average Bonchev–Trinajstić information content (AvgIpc) is 3.38. The lowest BCUT2D eigenvalue weighted by Gasteiger charge is -2.17. The molecule has 5 nitrogen and oxygen atoms in total. The van der Waals surface area contributed by atoms with Crippen LogP contribution >= 0.6 is 11.8 Å². The Labute approximate surface area is 153 Å². The van der Waals surface area contributed by atoms with Crippen LogP contribution in [0, 0.1) is 6.92 Å². The van der Waals surface area contributed by atoms with Crippen molar-refractivity contribution in [2.45, 2.75) is 63.7 Å². The van der Waals surface area contributed by atoms with Gasteiger partial charge in [-0.05, 0) is 38.7 Å². The van der Waals surface area contributed by atoms with Crippen molar-refractivity contribution in [2.24, 2.45) is 0 Å². The quantitative estimate of drug-likeness (QED) is 0.728. The molecule has 3 rings (SSSR count). The minimum Gasteiger partial charge on any atom is -0.349 e. The van der Waals surface area contributed by atoms with E-state index in [0.29, 0.717) is 11.7 Å². The Bertz CT molecular complexity index is 722. The van der Waals surface area contributed by atoms with Gasteiger partial charge in [0.1, 0.15) is 5.82 Å². The van der Waals surface area contributed by atoms with Crippen molar-refractivity contribution in [1.29, 1.82) is 0 Å². The van der Waals surface area contributed by atoms with Gasteiger partial charge in [0, 0.05) is 12.5 Å². The average molecular weight is 359 g/mol. The van der Waals surface area contributed by atoms with Crippen LogP contribution in [0.1, 0.15) is 62.0 Å². The highest BCUT2D eigenvalue weighted by atomic mass is 32.2. The van der Waals surface area contributed by atoms with Crippen LogP contribution in [0.15, 0.2) is 29.4 Å². The zero-order valence-corrected chi connectivity index (χ0v) is 16.0. The number of thioether (sulfide) groups is 1. The van der Waals surface area contributed by atoms with E-state index in [9.17, 15) is 4.79 Å². The van der Waals surface area contributed by atoms with Crippen molar-refractivity contribution >= 4 is 17.7 Å². The Balaban J connectivity index is 1.58. The number of nitrogens with one attached hydrogen (secondary N) is 1. The number of rotatable bonds is 8. The van der Waals surface area contributed by atoms with Gasteiger partial charge in [0.05, 0.1) is 11.8 Å². The Morgan fingerprint density at radius 2 is 2.00 bits per heavy atom. The first-order valence-corrected chi connectivity index (χ1v) is 10.0. The highest BCUT2D eigenvalue weighted by Crippen LogP contribution is 2.39. The summed E-state index contributed by atoms with van der Waals surface area (Å²) in [5.41, 5.74) is 2.38. The summed E-state index contributed by atoms with van der Waals surface area (Å²) in [6, 6.07) is 8.41. The summed E-state index contributed by atoms with van der Waals surface area (Å²) < 4.78 is 2.15. The second-order valence-electron chi connectivity index (χ2n) is 6.59. The maximum atomic E-state index is 12.4. The minimum atomic E-state index is 0.0380. The maximum Gasteiger partial charge on any atom is 0.230 e. The lowest BCUT2D eigenvalue weighted by atomic mass is 10.0. The molecule has 1 aromatic heterocycles. The largest absolute Gasteiger partial charge is 0.349 e. The molecule has 6 heteroatoms. The third-order valence-corrected chi connectivity index (χ3v) is 5.53. The molecule has 1 fully saturated rings. The number of hydrogen-bond acceptors (Lipinski definition) is 4. The molecule has 1 aliphatic rings. The number of hydrogen-bond donors (Lipinski definition) is 1. The third kappa shape index (κ3) is 4.42. The van der Waals surface area contributed by atoms with E-state index in [0.717, 1.165) is 29.5 Å². The van der Waals surface area contributed by atoms with Gasteiger partial charge in [-0.25, -0.2) is 0 Å². The van der Waals surface area contributed by atoms with Crippen LogP contribution in [0.5, 0.6) is 0 Å². The molecular formula is C19H26N4OS. The lowest BCUT2D eigenvalue weighted by Crippen LogP contribution is -2.29. The molecule has 0 radical (unpaired) electrons. The Kier molecular flexibility index (Phi) is 5.78. The predicted molar refractivity (Wildman–Crippen MR) is 101 cm³/mol. The van der Waals surface area contributed by atoms with Gasteiger partial charge in [0.25, 0.3) is 0 Å². The number of aromatic nitrogens is 3. The van der Waals surface area contributed by atoms with Gasteiger partial charge >= 0.3 is 0 Å². The van der Waals surface area contributed by atoms with Crippen molar-refractivity contribution in [1.82, 2.24) is 20.1 Å². The molecule has 1 saturated carbocycles. The fourth-order valence-corrected chi connectivity index (χ4v) is 3.75. The molecule has 0 bridgehead atoms. The fourth-order valence-electron chi connectivity index (χ4n) is 2.93. The van der Waals surface area contributed by atoms with E-state index in [4.69, 9.17) is 0 Å². The highest BCUT2D eigenvalue weighted by molar-refractivity contribution is 7.99. The van der Waals surface area contributed by atoms with E-state index in [-0.39, 0.29) is 11.9 Å². The van der Waals surface area contributed by atoms with Gasteiger partial charge in [-0.1, -0.05) is 48.5 Å². The number of aryl methyl sites for hydroxylation is 1. The van der Waals surface area contributed by atoms with Gasteiger partial charge < -0.3 is 9.88 Å². The van der Waals surface area contributed by atoms with Crippen molar-refractivity contribution < 1.29 is 4.79 Å². The monoisotopic (exact) mass is 358 g/mol. The zero-order valence-electron chi connectivity index (χ0n) is 15.2. The summed E-state index contributed by atoms with van der Waals surface area (Å²) in [7, 11) is 0. The van der Waals surface area contributed by atoms with E-state index in [2.05, 4.69) is 65.1 Å². The molecule has 1 aliphatic carbocycles. The summed E-state index contributed by atoms with van der Waals surface area (Å²) in [4.78, 5) is 12.4. The number of carbonyl (C=O) groups is 1. The summed E-state index contributed by atoms with van der Waals surface area (Å²) in [5, 5.41) is 12.6. The Morgan fingerprint density at radius 3 is 2.60 bits per heavy atom. The van der Waals surface area contributed by atoms with Crippen LogP contribution < -0.4 is 5.32 Å². The third-order valence-electron chi connectivity index (χ3n) is 4.56. The van der Waals surface area contributed by atoms with E-state index in [1.54, 1.807) is 0 Å². The Morgan fingerprint density at radius 1 is 1.28 bits per heavy atom. The van der Waals surface area contributed by atoms with Crippen LogP contribution in [0.25, 0.3) is 0 Å². The molecule has 25 heavy (non-hydrogen) atoms. The maximum absolute atomic E-state index is 12.4. The van der Waals surface area contributed by atoms with E-state index in [1.807, 2.05) is 0 Å². The molecule has 0 spiro atoms. The normalized spacial score (nSPS) is 15.2. The molecule has 0 aliphatic heterocycles. The smallest absolute Gasteiger partial charge is 0.230 e. The van der Waals surface area contributed by atoms with Crippen molar-refractivity contribution in [3.8, 4) is 0 Å². The molecule has 1 amide bonds. The van der Waals surface area contributed by atoms with Crippen LogP contribution in [0.3, 0.4) is 0 Å². The molecule has 1 atom stereocenters. The van der Waals surface area contributed by atoms with Gasteiger partial charge in [0.2, 0.25) is 5.91 Å². The molecule has 1 aromatic carbocycles. The van der Waals surface area contributed by atoms with Crippen molar-refractivity contribution in [3.63, 3.8) is 0 Å². The molecule has 2 aromatic rings. The topological polar surface area (TPSA) is 59.8 Å². The van der Waals surface area contributed by atoms with Gasteiger partial charge in [-0.15, -0.1) is 10.2 Å². The summed E-state index contributed by atoms with van der Waals surface area (Å²) >= 11 is 1.47. The number of benzene rings is 1. The SMILES string of the molecule is CC[C@@H](NC(=O)CSc1nnc(C2CC2)n1CC)c1ccc(C)cc1. The summed E-state index contributed by atoms with van der Waals surface area (Å²) in [5.74, 6) is 2.06. The minimum absolute atomic E-state index is 0.0380. The molecule has 0 saturated heterocycles. The van der Waals surface area contributed by atoms with Gasteiger partial charge in [-0.2, -0.15) is 0 Å². The second kappa shape index (κ2) is 8.04. The van der Waals surface area contributed by atoms with Crippen LogP contribution in [0.4, 0.5) is 0 Å². The van der Waals surface area contributed by atoms with Crippen molar-refractivity contribution in [2.75, 3.05) is 5.75 Å². The van der Waals surface area contributed by atoms with Crippen LogP contribution in [-0.4, -0.2) is 26.4 Å². The highest BCUT2D eigenvalue weighted by Gasteiger charge is 2.30. The van der Waals surface area contributed by atoms with Crippen molar-refractivity contribution in [3.05, 3.63) is 41.2 Å². The zero-order chi connectivity index (χ0) is 17.8. The van der Waals surface area contributed by atoms with Gasteiger partial charge in [0.15, 0.2) is 5.16 Å². The first-order chi connectivity index (χ1) is 12.1. The molecule has 1 heterocycles. The van der Waals surface area contributed by atoms with Gasteiger partial charge in [-0.3, -0.25) is 4.79 Å². The lowest BCUT2D eigenvalue weighted by molar-refractivity contribution is -0.119. The van der Waals surface area contributed by atoms with Crippen LogP contribution in [-0.2, 0) is 11.3 Å². The first-order valence-electron chi connectivity index (χ1n) is 9.04. The van der Waals surface area contributed by atoms with Crippen LogP contribution in [0.2, 0.25) is 0 Å². The van der Waals surface area contributed by atoms with E-state index >= 15 is 0 Å². The summed E-state index contributed by atoms with van der Waals surface area (Å²) in [6.07, 6.45) is 3.28. The summed E-state index contributed by atoms with van der Waals surface area (Å²) in [6.45, 7) is 7.11. The number of nitrogens with zero attached hydrogens (tertiary/aromatic N) is 3. The number of amides is 1. The molecular weight excluding hydrogens is 332 g/mol. The predicted octanol–water partition coefficient (Wildman–Crippen LogP) is 3.84. The Hall–Kier alpha value is -1.82. The number of carbonyl (C=O) groups excluding carboxylic acids is 1. The first kappa shape index (κ1) is 18.0. The van der Waals surface area contributed by atoms with E-state index in [1.165, 1.54) is 30.2 Å². The fraction of sp³-hybridized carbons (Fsp3) is 0.526. The van der Waals surface area contributed by atoms with E-state index < -0.39 is 0 Å². The second-order valence-corrected chi connectivity index (χ2v) is 7.53. The molecule has 0 unspecified atom stereocenters.